The van der Waals surface area contributed by atoms with Crippen LogP contribution in [0.1, 0.15) is 43.0 Å². The quantitative estimate of drug-likeness (QED) is 0.853. The Morgan fingerprint density at radius 1 is 1.22 bits per heavy atom. The second kappa shape index (κ2) is 7.64. The highest BCUT2D eigenvalue weighted by Gasteiger charge is 2.35. The molecule has 2 heterocycles. The largest absolute Gasteiger partial charge is 0.497 e. The van der Waals surface area contributed by atoms with Gasteiger partial charge in [-0.1, -0.05) is 24.2 Å². The van der Waals surface area contributed by atoms with E-state index in [1.54, 1.807) is 12.0 Å². The van der Waals surface area contributed by atoms with Crippen molar-refractivity contribution in [1.29, 1.82) is 0 Å². The van der Waals surface area contributed by atoms with E-state index < -0.39 is 5.92 Å². The summed E-state index contributed by atoms with van der Waals surface area (Å²) in [6, 6.07) is 7.27. The lowest BCUT2D eigenvalue weighted by Crippen LogP contribution is -2.28. The van der Waals surface area contributed by atoms with Crippen LogP contribution in [0.15, 0.2) is 24.3 Å². The minimum absolute atomic E-state index is 0.0516. The molecular formula is C19H22N4O3S. The monoisotopic (exact) mass is 386 g/mol. The number of aromatic nitrogens is 2. The van der Waals surface area contributed by atoms with Crippen molar-refractivity contribution in [2.45, 2.75) is 38.0 Å². The van der Waals surface area contributed by atoms with Crippen LogP contribution < -0.4 is 15.0 Å². The molecule has 2 amide bonds. The van der Waals surface area contributed by atoms with Crippen LogP contribution in [-0.2, 0) is 9.59 Å². The highest BCUT2D eigenvalue weighted by Crippen LogP contribution is 2.36. The number of nitrogens with one attached hydrogen (secondary N) is 1. The SMILES string of the molecule is COc1ccc(N2C[C@@H](C(=O)Nc3nnc(C4CCCC4)s3)CC2=O)cc1. The molecule has 0 spiro atoms. The fourth-order valence-corrected chi connectivity index (χ4v) is 4.64. The average molecular weight is 386 g/mol. The molecule has 1 saturated heterocycles. The first-order valence-electron chi connectivity index (χ1n) is 9.22. The number of methoxy groups -OCH3 is 1. The average Bonchev–Trinajstić information content (AvgIpc) is 3.42. The van der Waals surface area contributed by atoms with Gasteiger partial charge in [0, 0.05) is 24.6 Å². The van der Waals surface area contributed by atoms with Crippen LogP contribution in [0, 0.1) is 5.92 Å². The van der Waals surface area contributed by atoms with Crippen molar-refractivity contribution >= 4 is 34.0 Å². The first kappa shape index (κ1) is 17.9. The number of ether oxygens (including phenoxy) is 1. The Bertz CT molecular complexity index is 830. The minimum Gasteiger partial charge on any atom is -0.497 e. The maximum absolute atomic E-state index is 12.6. The predicted molar refractivity (Wildman–Crippen MR) is 103 cm³/mol. The van der Waals surface area contributed by atoms with Gasteiger partial charge < -0.3 is 15.0 Å². The second-order valence-corrected chi connectivity index (χ2v) is 8.03. The number of carbonyl (C=O) groups is 2. The Labute approximate surface area is 161 Å². The zero-order chi connectivity index (χ0) is 18.8. The van der Waals surface area contributed by atoms with Crippen LogP contribution in [-0.4, -0.2) is 35.7 Å². The zero-order valence-corrected chi connectivity index (χ0v) is 16.0. The minimum atomic E-state index is -0.390. The van der Waals surface area contributed by atoms with Gasteiger partial charge >= 0.3 is 0 Å². The summed E-state index contributed by atoms with van der Waals surface area (Å²) < 4.78 is 5.14. The number of anilines is 2. The van der Waals surface area contributed by atoms with E-state index in [1.165, 1.54) is 24.2 Å². The second-order valence-electron chi connectivity index (χ2n) is 7.02. The number of carbonyl (C=O) groups excluding carboxylic acids is 2. The first-order valence-corrected chi connectivity index (χ1v) is 10.0. The number of benzene rings is 1. The topological polar surface area (TPSA) is 84.4 Å². The van der Waals surface area contributed by atoms with Crippen LogP contribution in [0.2, 0.25) is 0 Å². The van der Waals surface area contributed by atoms with Crippen molar-refractivity contribution in [1.82, 2.24) is 10.2 Å². The van der Waals surface area contributed by atoms with Gasteiger partial charge in [0.2, 0.25) is 16.9 Å². The molecule has 0 unspecified atom stereocenters. The Balaban J connectivity index is 1.38. The van der Waals surface area contributed by atoms with Gasteiger partial charge in [-0.2, -0.15) is 0 Å². The smallest absolute Gasteiger partial charge is 0.231 e. The van der Waals surface area contributed by atoms with E-state index in [1.807, 2.05) is 24.3 Å². The van der Waals surface area contributed by atoms with E-state index in [4.69, 9.17) is 4.74 Å². The highest BCUT2D eigenvalue weighted by molar-refractivity contribution is 7.15. The molecule has 2 aromatic rings. The number of nitrogens with zero attached hydrogens (tertiary/aromatic N) is 3. The van der Waals surface area contributed by atoms with Crippen molar-refractivity contribution in [3.8, 4) is 5.75 Å². The lowest BCUT2D eigenvalue weighted by molar-refractivity contribution is -0.122. The Kier molecular flexibility index (Phi) is 5.07. The summed E-state index contributed by atoms with van der Waals surface area (Å²) >= 11 is 1.45. The third kappa shape index (κ3) is 3.80. The Morgan fingerprint density at radius 2 is 1.96 bits per heavy atom. The molecule has 27 heavy (non-hydrogen) atoms. The standard InChI is InChI=1S/C19H22N4O3S/c1-26-15-8-6-14(7-9-15)23-11-13(10-16(23)24)17(25)20-19-22-21-18(27-19)12-4-2-3-5-12/h6-9,12-13H,2-5,10-11H2,1H3,(H,20,22,25)/t13-/m0/s1. The molecule has 1 atom stereocenters. The Hall–Kier alpha value is -2.48. The molecule has 8 heteroatoms. The van der Waals surface area contributed by atoms with Gasteiger partial charge in [0.25, 0.3) is 0 Å². The molecule has 1 saturated carbocycles. The van der Waals surface area contributed by atoms with Crippen LogP contribution >= 0.6 is 11.3 Å². The molecule has 0 radical (unpaired) electrons. The summed E-state index contributed by atoms with van der Waals surface area (Å²) in [5.41, 5.74) is 0.774. The van der Waals surface area contributed by atoms with Gasteiger partial charge in [-0.25, -0.2) is 0 Å². The van der Waals surface area contributed by atoms with Gasteiger partial charge in [0.15, 0.2) is 0 Å². The molecular weight excluding hydrogens is 364 g/mol. The van der Waals surface area contributed by atoms with E-state index in [-0.39, 0.29) is 18.2 Å². The molecule has 4 rings (SSSR count). The van der Waals surface area contributed by atoms with Gasteiger partial charge in [-0.15, -0.1) is 10.2 Å². The van der Waals surface area contributed by atoms with Crippen LogP contribution in [0.5, 0.6) is 5.75 Å². The summed E-state index contributed by atoms with van der Waals surface area (Å²) in [5, 5.41) is 12.7. The third-order valence-electron chi connectivity index (χ3n) is 5.26. The fraction of sp³-hybridized carbons (Fsp3) is 0.474. The van der Waals surface area contributed by atoms with E-state index in [0.717, 1.165) is 29.3 Å². The molecule has 2 fully saturated rings. The first-order chi connectivity index (χ1) is 13.1. The Morgan fingerprint density at radius 3 is 2.67 bits per heavy atom. The predicted octanol–water partition coefficient (Wildman–Crippen LogP) is 3.20. The number of amides is 2. The summed E-state index contributed by atoms with van der Waals surface area (Å²) in [4.78, 5) is 26.6. The van der Waals surface area contributed by atoms with Gasteiger partial charge in [0.05, 0.1) is 13.0 Å². The van der Waals surface area contributed by atoms with Crippen LogP contribution in [0.25, 0.3) is 0 Å². The maximum atomic E-state index is 12.6. The normalized spacial score (nSPS) is 20.3. The summed E-state index contributed by atoms with van der Waals surface area (Å²) in [5.74, 6) is 0.594. The van der Waals surface area contributed by atoms with E-state index in [9.17, 15) is 9.59 Å². The molecule has 1 aromatic carbocycles. The van der Waals surface area contributed by atoms with E-state index in [0.29, 0.717) is 17.6 Å². The number of hydrogen-bond donors (Lipinski definition) is 1. The highest BCUT2D eigenvalue weighted by atomic mass is 32.1. The summed E-state index contributed by atoms with van der Waals surface area (Å²) in [6.07, 6.45) is 4.97. The van der Waals surface area contributed by atoms with E-state index in [2.05, 4.69) is 15.5 Å². The van der Waals surface area contributed by atoms with Gasteiger partial charge in [-0.05, 0) is 37.1 Å². The van der Waals surface area contributed by atoms with Crippen molar-refractivity contribution in [3.63, 3.8) is 0 Å². The fourth-order valence-electron chi connectivity index (χ4n) is 3.73. The molecule has 142 valence electrons. The molecule has 1 aliphatic carbocycles. The van der Waals surface area contributed by atoms with Crippen molar-refractivity contribution in [3.05, 3.63) is 29.3 Å². The van der Waals surface area contributed by atoms with Crippen molar-refractivity contribution in [2.24, 2.45) is 5.92 Å². The lowest BCUT2D eigenvalue weighted by Gasteiger charge is -2.16. The zero-order valence-electron chi connectivity index (χ0n) is 15.2. The number of rotatable bonds is 5. The summed E-state index contributed by atoms with van der Waals surface area (Å²) in [7, 11) is 1.60. The number of hydrogen-bond acceptors (Lipinski definition) is 6. The van der Waals surface area contributed by atoms with Crippen molar-refractivity contribution < 1.29 is 14.3 Å². The van der Waals surface area contributed by atoms with Gasteiger partial charge in [0.1, 0.15) is 10.8 Å². The van der Waals surface area contributed by atoms with Gasteiger partial charge in [-0.3, -0.25) is 9.59 Å². The maximum Gasteiger partial charge on any atom is 0.231 e. The molecule has 1 aliphatic heterocycles. The molecule has 2 aliphatic rings. The third-order valence-corrected chi connectivity index (χ3v) is 6.26. The van der Waals surface area contributed by atoms with Crippen LogP contribution in [0.4, 0.5) is 10.8 Å². The van der Waals surface area contributed by atoms with Crippen LogP contribution in [0.3, 0.4) is 0 Å². The summed E-state index contributed by atoms with van der Waals surface area (Å²) in [6.45, 7) is 0.366. The molecule has 1 N–H and O–H groups in total. The molecule has 7 nitrogen and oxygen atoms in total. The molecule has 0 bridgehead atoms. The lowest BCUT2D eigenvalue weighted by atomic mass is 10.1. The van der Waals surface area contributed by atoms with E-state index >= 15 is 0 Å². The molecule has 1 aromatic heterocycles. The van der Waals surface area contributed by atoms with Crippen molar-refractivity contribution in [2.75, 3.05) is 23.9 Å².